The number of halogens is 1. The predicted octanol–water partition coefficient (Wildman–Crippen LogP) is 3.30. The van der Waals surface area contributed by atoms with E-state index in [1.54, 1.807) is 6.20 Å². The highest BCUT2D eigenvalue weighted by atomic mass is 127. The molecular formula is C13H16IN3. The van der Waals surface area contributed by atoms with Gasteiger partial charge in [0, 0.05) is 0 Å². The molecule has 1 aromatic heterocycles. The molecule has 4 heteroatoms. The minimum atomic E-state index is 0.166. The zero-order valence-corrected chi connectivity index (χ0v) is 12.4. The molecule has 0 bridgehead atoms. The molecule has 90 valence electrons. The minimum Gasteiger partial charge on any atom is -0.383 e. The van der Waals surface area contributed by atoms with Crippen molar-refractivity contribution in [2.45, 2.75) is 26.8 Å². The molecular weight excluding hydrogens is 325 g/mol. The topological polar surface area (TPSA) is 43.8 Å². The van der Waals surface area contributed by atoms with Crippen molar-refractivity contribution in [1.29, 1.82) is 0 Å². The summed E-state index contributed by atoms with van der Waals surface area (Å²) in [7, 11) is 0. The SMILES string of the molecule is Cc1ccc(C(C)n2ncc(I)c2N)c(C)c1. The summed E-state index contributed by atoms with van der Waals surface area (Å²) in [5, 5.41) is 4.34. The molecule has 3 nitrogen and oxygen atoms in total. The third kappa shape index (κ3) is 2.31. The number of benzene rings is 1. The summed E-state index contributed by atoms with van der Waals surface area (Å²) >= 11 is 2.20. The summed E-state index contributed by atoms with van der Waals surface area (Å²) < 4.78 is 2.87. The molecule has 2 rings (SSSR count). The maximum atomic E-state index is 6.01. The van der Waals surface area contributed by atoms with Crippen LogP contribution in [-0.4, -0.2) is 9.78 Å². The molecule has 1 unspecified atom stereocenters. The van der Waals surface area contributed by atoms with Crippen molar-refractivity contribution in [3.05, 3.63) is 44.7 Å². The first-order valence-corrected chi connectivity index (χ1v) is 6.64. The average molecular weight is 341 g/mol. The molecule has 0 saturated carbocycles. The van der Waals surface area contributed by atoms with Crippen LogP contribution in [0.15, 0.2) is 24.4 Å². The number of rotatable bonds is 2. The maximum absolute atomic E-state index is 6.01. The quantitative estimate of drug-likeness (QED) is 0.852. The van der Waals surface area contributed by atoms with Crippen LogP contribution in [0.2, 0.25) is 0 Å². The predicted molar refractivity (Wildman–Crippen MR) is 79.1 cm³/mol. The fraction of sp³-hybridized carbons (Fsp3) is 0.308. The van der Waals surface area contributed by atoms with Gasteiger partial charge in [0.05, 0.1) is 15.8 Å². The molecule has 0 saturated heterocycles. The van der Waals surface area contributed by atoms with Gasteiger partial charge >= 0.3 is 0 Å². The monoisotopic (exact) mass is 341 g/mol. The van der Waals surface area contributed by atoms with Gasteiger partial charge in [-0.25, -0.2) is 4.68 Å². The first-order valence-electron chi connectivity index (χ1n) is 5.56. The van der Waals surface area contributed by atoms with Gasteiger partial charge < -0.3 is 5.73 Å². The second-order valence-electron chi connectivity index (χ2n) is 4.36. The number of aryl methyl sites for hydroxylation is 2. The third-order valence-corrected chi connectivity index (χ3v) is 3.86. The van der Waals surface area contributed by atoms with Crippen molar-refractivity contribution in [2.24, 2.45) is 0 Å². The minimum absolute atomic E-state index is 0.166. The van der Waals surface area contributed by atoms with Crippen LogP contribution in [0.25, 0.3) is 0 Å². The van der Waals surface area contributed by atoms with Gasteiger partial charge in [0.2, 0.25) is 0 Å². The van der Waals surface area contributed by atoms with Crippen LogP contribution in [0.1, 0.15) is 29.7 Å². The summed E-state index contributed by atoms with van der Waals surface area (Å²) in [5.41, 5.74) is 9.84. The van der Waals surface area contributed by atoms with E-state index in [-0.39, 0.29) is 6.04 Å². The molecule has 1 heterocycles. The van der Waals surface area contributed by atoms with Gasteiger partial charge in [0.15, 0.2) is 0 Å². The van der Waals surface area contributed by atoms with Gasteiger partial charge in [-0.1, -0.05) is 23.8 Å². The van der Waals surface area contributed by atoms with Crippen molar-refractivity contribution in [1.82, 2.24) is 9.78 Å². The van der Waals surface area contributed by atoms with E-state index in [9.17, 15) is 0 Å². The number of anilines is 1. The largest absolute Gasteiger partial charge is 0.383 e. The van der Waals surface area contributed by atoms with Crippen molar-refractivity contribution >= 4 is 28.4 Å². The summed E-state index contributed by atoms with van der Waals surface area (Å²) in [4.78, 5) is 0. The van der Waals surface area contributed by atoms with Gasteiger partial charge in [0.25, 0.3) is 0 Å². The van der Waals surface area contributed by atoms with Gasteiger partial charge in [-0.05, 0) is 54.5 Å². The number of hydrogen-bond acceptors (Lipinski definition) is 2. The van der Waals surface area contributed by atoms with Crippen LogP contribution < -0.4 is 5.73 Å². The van der Waals surface area contributed by atoms with Crippen molar-refractivity contribution in [3.8, 4) is 0 Å². The van der Waals surface area contributed by atoms with E-state index in [1.165, 1.54) is 16.7 Å². The number of aromatic nitrogens is 2. The van der Waals surface area contributed by atoms with E-state index in [1.807, 2.05) is 4.68 Å². The standard InChI is InChI=1S/C13H16IN3/c1-8-4-5-11(9(2)6-8)10(3)17-13(15)12(14)7-16-17/h4-7,10H,15H2,1-3H3. The Kier molecular flexibility index (Phi) is 3.42. The second-order valence-corrected chi connectivity index (χ2v) is 5.52. The molecule has 0 aliphatic carbocycles. The summed E-state index contributed by atoms with van der Waals surface area (Å²) in [5.74, 6) is 0.734. The second kappa shape index (κ2) is 4.68. The van der Waals surface area contributed by atoms with Gasteiger partial charge in [0.1, 0.15) is 5.82 Å². The van der Waals surface area contributed by atoms with E-state index in [4.69, 9.17) is 5.73 Å². The van der Waals surface area contributed by atoms with Crippen LogP contribution in [0, 0.1) is 17.4 Å². The van der Waals surface area contributed by atoms with Gasteiger partial charge in [-0.15, -0.1) is 0 Å². The van der Waals surface area contributed by atoms with Gasteiger partial charge in [-0.3, -0.25) is 0 Å². The third-order valence-electron chi connectivity index (χ3n) is 3.03. The average Bonchev–Trinajstić information content (AvgIpc) is 2.59. The number of hydrogen-bond donors (Lipinski definition) is 1. The Morgan fingerprint density at radius 2 is 2.06 bits per heavy atom. The molecule has 0 amide bonds. The highest BCUT2D eigenvalue weighted by Gasteiger charge is 2.15. The molecule has 0 fully saturated rings. The zero-order valence-electron chi connectivity index (χ0n) is 10.2. The Morgan fingerprint density at radius 1 is 1.35 bits per heavy atom. The van der Waals surface area contributed by atoms with Crippen molar-refractivity contribution in [2.75, 3.05) is 5.73 Å². The lowest BCUT2D eigenvalue weighted by Gasteiger charge is -2.17. The highest BCUT2D eigenvalue weighted by Crippen LogP contribution is 2.26. The van der Waals surface area contributed by atoms with E-state index in [0.29, 0.717) is 0 Å². The molecule has 0 radical (unpaired) electrons. The lowest BCUT2D eigenvalue weighted by Crippen LogP contribution is -2.12. The number of nitrogen functional groups attached to an aromatic ring is 1. The highest BCUT2D eigenvalue weighted by molar-refractivity contribution is 14.1. The Labute approximate surface area is 115 Å². The number of nitrogens with zero attached hydrogens (tertiary/aromatic N) is 2. The van der Waals surface area contributed by atoms with Crippen LogP contribution >= 0.6 is 22.6 Å². The Bertz CT molecular complexity index is 546. The molecule has 1 aromatic carbocycles. The maximum Gasteiger partial charge on any atom is 0.135 e. The Morgan fingerprint density at radius 3 is 2.59 bits per heavy atom. The van der Waals surface area contributed by atoms with E-state index >= 15 is 0 Å². The van der Waals surface area contributed by atoms with Crippen LogP contribution in [-0.2, 0) is 0 Å². The summed E-state index contributed by atoms with van der Waals surface area (Å²) in [6, 6.07) is 6.64. The first-order chi connectivity index (χ1) is 8.00. The molecule has 0 aliphatic rings. The molecule has 17 heavy (non-hydrogen) atoms. The van der Waals surface area contributed by atoms with E-state index in [0.717, 1.165) is 9.39 Å². The molecule has 2 N–H and O–H groups in total. The van der Waals surface area contributed by atoms with E-state index < -0.39 is 0 Å². The molecule has 1 atom stereocenters. The van der Waals surface area contributed by atoms with Crippen LogP contribution in [0.5, 0.6) is 0 Å². The smallest absolute Gasteiger partial charge is 0.135 e. The number of nitrogens with two attached hydrogens (primary N) is 1. The van der Waals surface area contributed by atoms with E-state index in [2.05, 4.69) is 66.7 Å². The molecule has 2 aromatic rings. The normalized spacial score (nSPS) is 12.7. The molecule has 0 aliphatic heterocycles. The summed E-state index contributed by atoms with van der Waals surface area (Å²) in [6.45, 7) is 6.35. The Hall–Kier alpha value is -1.04. The zero-order chi connectivity index (χ0) is 12.6. The lowest BCUT2D eigenvalue weighted by atomic mass is 10.0. The fourth-order valence-electron chi connectivity index (χ4n) is 2.09. The van der Waals surface area contributed by atoms with Gasteiger partial charge in [-0.2, -0.15) is 5.10 Å². The Balaban J connectivity index is 2.43. The molecule has 0 spiro atoms. The fourth-order valence-corrected chi connectivity index (χ4v) is 2.46. The summed E-state index contributed by atoms with van der Waals surface area (Å²) in [6.07, 6.45) is 1.80. The first kappa shape index (κ1) is 12.4. The van der Waals surface area contributed by atoms with Crippen molar-refractivity contribution < 1.29 is 0 Å². The van der Waals surface area contributed by atoms with Crippen LogP contribution in [0.4, 0.5) is 5.82 Å². The van der Waals surface area contributed by atoms with Crippen molar-refractivity contribution in [3.63, 3.8) is 0 Å². The lowest BCUT2D eigenvalue weighted by molar-refractivity contribution is 0.570. The van der Waals surface area contributed by atoms with Crippen LogP contribution in [0.3, 0.4) is 0 Å².